The van der Waals surface area contributed by atoms with E-state index in [-0.39, 0.29) is 47.2 Å². The minimum atomic E-state index is -3.82. The van der Waals surface area contributed by atoms with E-state index in [1.165, 1.54) is 42.1 Å². The van der Waals surface area contributed by atoms with Crippen LogP contribution in [0.25, 0.3) is 0 Å². The number of ether oxygens (including phenoxy) is 1. The molecule has 1 amide bonds. The van der Waals surface area contributed by atoms with E-state index in [1.54, 1.807) is 6.07 Å². The third kappa shape index (κ3) is 4.27. The van der Waals surface area contributed by atoms with Gasteiger partial charge in [-0.25, -0.2) is 8.42 Å². The van der Waals surface area contributed by atoms with Crippen molar-refractivity contribution in [3.63, 3.8) is 0 Å². The standard InChI is InChI=1S/C22H31ClN2O4S/c1-15-13-24(14-16(2)29-15)30(27,28)21-12-18(9-10-19(21)23)22(26)25-11-5-8-20(25)17-6-3-4-7-17/h9-10,12,15-17,20H,3-8,11,13-14H2,1-2H3/t15-,16+,20-/m0/s1. The molecule has 3 aliphatic rings. The van der Waals surface area contributed by atoms with Crippen molar-refractivity contribution in [1.82, 2.24) is 9.21 Å². The largest absolute Gasteiger partial charge is 0.373 e. The molecule has 1 aromatic carbocycles. The zero-order chi connectivity index (χ0) is 21.5. The van der Waals surface area contributed by atoms with Crippen LogP contribution in [0.1, 0.15) is 62.7 Å². The fourth-order valence-corrected chi connectivity index (χ4v) is 7.43. The summed E-state index contributed by atoms with van der Waals surface area (Å²) in [6, 6.07) is 4.93. The van der Waals surface area contributed by atoms with E-state index >= 15 is 0 Å². The monoisotopic (exact) mass is 454 g/mol. The van der Waals surface area contributed by atoms with Gasteiger partial charge in [0.15, 0.2) is 0 Å². The van der Waals surface area contributed by atoms with E-state index in [1.807, 2.05) is 18.7 Å². The Labute approximate surface area is 184 Å². The second kappa shape index (κ2) is 8.77. The quantitative estimate of drug-likeness (QED) is 0.691. The maximum atomic E-state index is 13.3. The molecule has 6 nitrogen and oxygen atoms in total. The van der Waals surface area contributed by atoms with Gasteiger partial charge in [-0.1, -0.05) is 24.4 Å². The number of nitrogens with zero attached hydrogens (tertiary/aromatic N) is 2. The highest BCUT2D eigenvalue weighted by molar-refractivity contribution is 7.89. The van der Waals surface area contributed by atoms with E-state index < -0.39 is 10.0 Å². The highest BCUT2D eigenvalue weighted by Gasteiger charge is 2.38. The van der Waals surface area contributed by atoms with Crippen molar-refractivity contribution in [3.8, 4) is 0 Å². The molecule has 0 radical (unpaired) electrons. The molecule has 2 heterocycles. The molecule has 0 unspecified atom stereocenters. The van der Waals surface area contributed by atoms with Gasteiger partial charge in [-0.3, -0.25) is 4.79 Å². The van der Waals surface area contributed by atoms with Gasteiger partial charge in [0.1, 0.15) is 4.90 Å². The number of carbonyl (C=O) groups excluding carboxylic acids is 1. The molecule has 0 spiro atoms. The highest BCUT2D eigenvalue weighted by Crippen LogP contribution is 2.36. The average molecular weight is 455 g/mol. The normalized spacial score (nSPS) is 28.9. The van der Waals surface area contributed by atoms with E-state index in [9.17, 15) is 13.2 Å². The number of hydrogen-bond donors (Lipinski definition) is 0. The molecule has 1 aliphatic carbocycles. The number of rotatable bonds is 4. The molecule has 1 aromatic rings. The molecular weight excluding hydrogens is 424 g/mol. The average Bonchev–Trinajstić information content (AvgIpc) is 3.38. The molecule has 1 saturated carbocycles. The summed E-state index contributed by atoms with van der Waals surface area (Å²) in [6.45, 7) is 5.00. The summed E-state index contributed by atoms with van der Waals surface area (Å²) in [6.07, 6.45) is 6.51. The summed E-state index contributed by atoms with van der Waals surface area (Å²) in [5, 5.41) is 0.145. The number of halogens is 1. The summed E-state index contributed by atoms with van der Waals surface area (Å²) < 4.78 is 33.7. The number of benzene rings is 1. The Hall–Kier alpha value is -1.15. The van der Waals surface area contributed by atoms with E-state index in [4.69, 9.17) is 16.3 Å². The Morgan fingerprint density at radius 1 is 1.07 bits per heavy atom. The molecule has 0 aromatic heterocycles. The molecule has 30 heavy (non-hydrogen) atoms. The maximum absolute atomic E-state index is 13.3. The van der Waals surface area contributed by atoms with Crippen LogP contribution in [0.5, 0.6) is 0 Å². The van der Waals surface area contributed by atoms with E-state index in [0.717, 1.165) is 19.4 Å². The van der Waals surface area contributed by atoms with Crippen LogP contribution in [0.15, 0.2) is 23.1 Å². The van der Waals surface area contributed by atoms with Crippen molar-refractivity contribution in [2.45, 2.75) is 75.5 Å². The molecular formula is C22H31ClN2O4S. The zero-order valence-corrected chi connectivity index (χ0v) is 19.3. The zero-order valence-electron chi connectivity index (χ0n) is 17.7. The van der Waals surface area contributed by atoms with Crippen LogP contribution in [0.3, 0.4) is 0 Å². The fraction of sp³-hybridized carbons (Fsp3) is 0.682. The topological polar surface area (TPSA) is 66.9 Å². The SMILES string of the molecule is C[C@@H]1CN(S(=O)(=O)c2cc(C(=O)N3CCC[C@H]3C3CCCC3)ccc2Cl)C[C@H](C)O1. The van der Waals surface area contributed by atoms with Crippen molar-refractivity contribution >= 4 is 27.5 Å². The summed E-state index contributed by atoms with van der Waals surface area (Å²) in [5.41, 5.74) is 0.400. The second-order valence-corrected chi connectivity index (χ2v) is 11.3. The van der Waals surface area contributed by atoms with Gasteiger partial charge in [0.2, 0.25) is 10.0 Å². The van der Waals surface area contributed by atoms with Crippen LogP contribution in [-0.2, 0) is 14.8 Å². The smallest absolute Gasteiger partial charge is 0.254 e. The summed E-state index contributed by atoms with van der Waals surface area (Å²) >= 11 is 6.31. The molecule has 4 rings (SSSR count). The third-order valence-corrected chi connectivity index (χ3v) is 9.00. The summed E-state index contributed by atoms with van der Waals surface area (Å²) in [4.78, 5) is 15.3. The van der Waals surface area contributed by atoms with Crippen molar-refractivity contribution in [1.29, 1.82) is 0 Å². The molecule has 8 heteroatoms. The summed E-state index contributed by atoms with van der Waals surface area (Å²) in [7, 11) is -3.82. The van der Waals surface area contributed by atoms with Gasteiger partial charge in [0, 0.05) is 31.2 Å². The molecule has 2 saturated heterocycles. The molecule has 2 aliphatic heterocycles. The van der Waals surface area contributed by atoms with Crippen LogP contribution < -0.4 is 0 Å². The van der Waals surface area contributed by atoms with Crippen LogP contribution in [0.2, 0.25) is 5.02 Å². The molecule has 0 bridgehead atoms. The lowest BCUT2D eigenvalue weighted by Gasteiger charge is -2.34. The number of carbonyl (C=O) groups is 1. The summed E-state index contributed by atoms with van der Waals surface area (Å²) in [5.74, 6) is 0.490. The Bertz CT molecular complexity index is 890. The van der Waals surface area contributed by atoms with Gasteiger partial charge in [-0.15, -0.1) is 0 Å². The number of hydrogen-bond acceptors (Lipinski definition) is 4. The number of sulfonamides is 1. The van der Waals surface area contributed by atoms with Gasteiger partial charge in [-0.05, 0) is 63.6 Å². The van der Waals surface area contributed by atoms with Crippen LogP contribution >= 0.6 is 11.6 Å². The number of morpholine rings is 1. The first-order valence-electron chi connectivity index (χ1n) is 11.0. The van der Waals surface area contributed by atoms with Gasteiger partial charge in [0.25, 0.3) is 5.91 Å². The molecule has 3 atom stereocenters. The van der Waals surface area contributed by atoms with Crippen molar-refractivity contribution in [2.24, 2.45) is 5.92 Å². The molecule has 166 valence electrons. The van der Waals surface area contributed by atoms with Crippen molar-refractivity contribution in [2.75, 3.05) is 19.6 Å². The lowest BCUT2D eigenvalue weighted by Crippen LogP contribution is -2.48. The second-order valence-electron chi connectivity index (χ2n) is 8.98. The van der Waals surface area contributed by atoms with Crippen LogP contribution in [0.4, 0.5) is 0 Å². The Balaban J connectivity index is 1.60. The Morgan fingerprint density at radius 3 is 2.40 bits per heavy atom. The lowest BCUT2D eigenvalue weighted by molar-refractivity contribution is -0.0440. The highest BCUT2D eigenvalue weighted by atomic mass is 35.5. The minimum Gasteiger partial charge on any atom is -0.373 e. The van der Waals surface area contributed by atoms with Gasteiger partial charge < -0.3 is 9.64 Å². The first kappa shape index (κ1) is 22.1. The predicted octanol–water partition coefficient (Wildman–Crippen LogP) is 3.93. The fourth-order valence-electron chi connectivity index (χ4n) is 5.34. The molecule has 0 N–H and O–H groups in total. The first-order chi connectivity index (χ1) is 14.3. The van der Waals surface area contributed by atoms with Gasteiger partial charge in [0.05, 0.1) is 17.2 Å². The number of amides is 1. The maximum Gasteiger partial charge on any atom is 0.254 e. The predicted molar refractivity (Wildman–Crippen MR) is 116 cm³/mol. The third-order valence-electron chi connectivity index (χ3n) is 6.69. The first-order valence-corrected chi connectivity index (χ1v) is 12.9. The van der Waals surface area contributed by atoms with E-state index in [0.29, 0.717) is 11.5 Å². The van der Waals surface area contributed by atoms with Gasteiger partial charge in [-0.2, -0.15) is 4.31 Å². The Kier molecular flexibility index (Phi) is 6.45. The van der Waals surface area contributed by atoms with Crippen LogP contribution in [-0.4, -0.2) is 61.4 Å². The molecule has 3 fully saturated rings. The number of likely N-dealkylation sites (tertiary alicyclic amines) is 1. The van der Waals surface area contributed by atoms with Gasteiger partial charge >= 0.3 is 0 Å². The van der Waals surface area contributed by atoms with Crippen molar-refractivity contribution in [3.05, 3.63) is 28.8 Å². The Morgan fingerprint density at radius 2 is 1.73 bits per heavy atom. The lowest BCUT2D eigenvalue weighted by atomic mass is 9.95. The van der Waals surface area contributed by atoms with Crippen LogP contribution in [0, 0.1) is 5.92 Å². The van der Waals surface area contributed by atoms with Crippen molar-refractivity contribution < 1.29 is 17.9 Å². The minimum absolute atomic E-state index is 0.00734. The van der Waals surface area contributed by atoms with E-state index in [2.05, 4.69) is 0 Å².